The second-order valence-electron chi connectivity index (χ2n) is 4.08. The van der Waals surface area contributed by atoms with Gasteiger partial charge in [-0.15, -0.1) is 5.10 Å². The van der Waals surface area contributed by atoms with Crippen LogP contribution < -0.4 is 0 Å². The summed E-state index contributed by atoms with van der Waals surface area (Å²) in [5.41, 5.74) is 1.21. The van der Waals surface area contributed by atoms with Crippen LogP contribution in [-0.4, -0.2) is 26.1 Å². The summed E-state index contributed by atoms with van der Waals surface area (Å²) in [5.74, 6) is -1.55. The number of benzene rings is 2. The number of carbonyl (C=O) groups is 1. The van der Waals surface area contributed by atoms with Gasteiger partial charge in [0.2, 0.25) is 0 Å². The summed E-state index contributed by atoms with van der Waals surface area (Å²) < 4.78 is 14.4. The molecule has 0 aliphatic heterocycles. The summed E-state index contributed by atoms with van der Waals surface area (Å²) in [6, 6.07) is 8.56. The van der Waals surface area contributed by atoms with Gasteiger partial charge in [0.05, 0.1) is 21.8 Å². The number of halogens is 2. The minimum Gasteiger partial charge on any atom is -0.478 e. The van der Waals surface area contributed by atoms with E-state index < -0.39 is 11.8 Å². The number of aromatic carboxylic acids is 1. The van der Waals surface area contributed by atoms with Crippen molar-refractivity contribution in [1.82, 2.24) is 15.0 Å². The Hall–Kier alpha value is -2.47. The Balaban J connectivity index is 2.28. The van der Waals surface area contributed by atoms with Gasteiger partial charge in [0.15, 0.2) is 0 Å². The third-order valence-corrected chi connectivity index (χ3v) is 3.15. The van der Waals surface area contributed by atoms with Gasteiger partial charge in [-0.05, 0) is 30.3 Å². The highest BCUT2D eigenvalue weighted by atomic mass is 35.5. The summed E-state index contributed by atoms with van der Waals surface area (Å²) in [6.45, 7) is 0. The van der Waals surface area contributed by atoms with Gasteiger partial charge in [-0.1, -0.05) is 22.9 Å². The molecule has 1 heterocycles. The van der Waals surface area contributed by atoms with Gasteiger partial charge in [0.1, 0.15) is 11.3 Å². The Kier molecular flexibility index (Phi) is 2.87. The molecule has 3 rings (SSSR count). The van der Waals surface area contributed by atoms with Crippen LogP contribution in [0.3, 0.4) is 0 Å². The molecule has 0 radical (unpaired) electrons. The van der Waals surface area contributed by atoms with Crippen molar-refractivity contribution >= 4 is 28.6 Å². The minimum atomic E-state index is -1.09. The summed E-state index contributed by atoms with van der Waals surface area (Å²) in [6.07, 6.45) is 0. The third kappa shape index (κ3) is 1.90. The Morgan fingerprint density at radius 2 is 2.10 bits per heavy atom. The monoisotopic (exact) mass is 291 g/mol. The van der Waals surface area contributed by atoms with E-state index in [4.69, 9.17) is 16.7 Å². The van der Waals surface area contributed by atoms with E-state index >= 15 is 0 Å². The number of carboxylic acids is 1. The molecule has 20 heavy (non-hydrogen) atoms. The second kappa shape index (κ2) is 4.57. The van der Waals surface area contributed by atoms with Gasteiger partial charge >= 0.3 is 5.97 Å². The average Bonchev–Trinajstić information content (AvgIpc) is 2.82. The van der Waals surface area contributed by atoms with E-state index in [0.717, 1.165) is 6.07 Å². The fourth-order valence-electron chi connectivity index (χ4n) is 1.95. The van der Waals surface area contributed by atoms with Crippen LogP contribution in [0.15, 0.2) is 36.4 Å². The summed E-state index contributed by atoms with van der Waals surface area (Å²) in [5, 5.41) is 17.0. The van der Waals surface area contributed by atoms with Crippen LogP contribution in [0.2, 0.25) is 5.02 Å². The minimum absolute atomic E-state index is 0.0481. The zero-order valence-electron chi connectivity index (χ0n) is 9.92. The Bertz CT molecular complexity index is 832. The molecule has 5 nitrogen and oxygen atoms in total. The number of hydrogen-bond acceptors (Lipinski definition) is 3. The van der Waals surface area contributed by atoms with Crippen molar-refractivity contribution in [3.05, 3.63) is 52.8 Å². The van der Waals surface area contributed by atoms with E-state index in [-0.39, 0.29) is 16.1 Å². The Labute approximate surface area is 117 Å². The van der Waals surface area contributed by atoms with E-state index in [9.17, 15) is 9.18 Å². The van der Waals surface area contributed by atoms with E-state index in [1.807, 2.05) is 0 Å². The van der Waals surface area contributed by atoms with Gasteiger partial charge in [-0.2, -0.15) is 0 Å². The molecule has 0 aliphatic carbocycles. The normalized spacial score (nSPS) is 10.9. The highest BCUT2D eigenvalue weighted by Crippen LogP contribution is 2.25. The molecule has 100 valence electrons. The standard InChI is InChI=1S/C13H7ClFN3O2/c14-9-6-7(15)4-5-10(9)18-11-3-1-2-8(13(19)20)12(11)16-17-18/h1-6H,(H,19,20). The Morgan fingerprint density at radius 1 is 1.30 bits per heavy atom. The molecule has 1 aromatic heterocycles. The maximum absolute atomic E-state index is 13.1. The number of rotatable bonds is 2. The first-order valence-corrected chi connectivity index (χ1v) is 5.99. The highest BCUT2D eigenvalue weighted by Gasteiger charge is 2.15. The fourth-order valence-corrected chi connectivity index (χ4v) is 2.20. The summed E-state index contributed by atoms with van der Waals surface area (Å²) >= 11 is 5.98. The van der Waals surface area contributed by atoms with Crippen molar-refractivity contribution in [2.45, 2.75) is 0 Å². The lowest BCUT2D eigenvalue weighted by Gasteiger charge is -2.05. The molecule has 0 spiro atoms. The molecule has 0 fully saturated rings. The number of fused-ring (bicyclic) bond motifs is 1. The third-order valence-electron chi connectivity index (χ3n) is 2.85. The zero-order chi connectivity index (χ0) is 14.3. The fraction of sp³-hybridized carbons (Fsp3) is 0. The topological polar surface area (TPSA) is 68.0 Å². The molecule has 0 atom stereocenters. The van der Waals surface area contributed by atoms with Gasteiger partial charge in [0.25, 0.3) is 0 Å². The predicted octanol–water partition coefficient (Wildman–Crippen LogP) is 2.91. The lowest BCUT2D eigenvalue weighted by Crippen LogP contribution is -1.99. The highest BCUT2D eigenvalue weighted by molar-refractivity contribution is 6.32. The molecule has 0 saturated heterocycles. The molecule has 0 saturated carbocycles. The molecule has 0 unspecified atom stereocenters. The maximum Gasteiger partial charge on any atom is 0.338 e. The molecule has 0 bridgehead atoms. The number of hydrogen-bond donors (Lipinski definition) is 1. The molecule has 1 N–H and O–H groups in total. The first-order valence-electron chi connectivity index (χ1n) is 5.61. The van der Waals surface area contributed by atoms with Crippen LogP contribution in [0.5, 0.6) is 0 Å². The van der Waals surface area contributed by atoms with E-state index in [0.29, 0.717) is 11.2 Å². The number of aromatic nitrogens is 3. The van der Waals surface area contributed by atoms with Gasteiger partial charge in [-0.3, -0.25) is 0 Å². The number of nitrogens with zero attached hydrogens (tertiary/aromatic N) is 3. The van der Waals surface area contributed by atoms with Crippen molar-refractivity contribution < 1.29 is 14.3 Å². The maximum atomic E-state index is 13.1. The van der Waals surface area contributed by atoms with Crippen molar-refractivity contribution in [1.29, 1.82) is 0 Å². The van der Waals surface area contributed by atoms with Crippen molar-refractivity contribution in [2.75, 3.05) is 0 Å². The summed E-state index contributed by atoms with van der Waals surface area (Å²) in [7, 11) is 0. The lowest BCUT2D eigenvalue weighted by molar-refractivity contribution is 0.0699. The van der Waals surface area contributed by atoms with Crippen molar-refractivity contribution in [3.63, 3.8) is 0 Å². The van der Waals surface area contributed by atoms with Gasteiger partial charge < -0.3 is 5.11 Å². The molecule has 0 aliphatic rings. The van der Waals surface area contributed by atoms with Gasteiger partial charge in [-0.25, -0.2) is 13.9 Å². The first-order chi connectivity index (χ1) is 9.58. The van der Waals surface area contributed by atoms with Crippen molar-refractivity contribution in [2.24, 2.45) is 0 Å². The summed E-state index contributed by atoms with van der Waals surface area (Å²) in [4.78, 5) is 11.1. The largest absolute Gasteiger partial charge is 0.478 e. The number of carboxylic acid groups (broad SMARTS) is 1. The molecular formula is C13H7ClFN3O2. The smallest absolute Gasteiger partial charge is 0.338 e. The quantitative estimate of drug-likeness (QED) is 0.788. The van der Waals surface area contributed by atoms with E-state index in [1.54, 1.807) is 12.1 Å². The van der Waals surface area contributed by atoms with E-state index in [1.165, 1.54) is 22.9 Å². The van der Waals surface area contributed by atoms with Gasteiger partial charge in [0, 0.05) is 0 Å². The van der Waals surface area contributed by atoms with Crippen LogP contribution in [0.1, 0.15) is 10.4 Å². The SMILES string of the molecule is O=C(O)c1cccc2c1nnn2-c1ccc(F)cc1Cl. The van der Waals surface area contributed by atoms with E-state index in [2.05, 4.69) is 10.3 Å². The average molecular weight is 292 g/mol. The predicted molar refractivity (Wildman–Crippen MR) is 70.8 cm³/mol. The molecule has 2 aromatic carbocycles. The molecular weight excluding hydrogens is 285 g/mol. The van der Waals surface area contributed by atoms with Crippen molar-refractivity contribution in [3.8, 4) is 5.69 Å². The van der Waals surface area contributed by atoms with Crippen LogP contribution in [0, 0.1) is 5.82 Å². The van der Waals surface area contributed by atoms with Crippen LogP contribution in [0.25, 0.3) is 16.7 Å². The van der Waals surface area contributed by atoms with Crippen LogP contribution >= 0.6 is 11.6 Å². The Morgan fingerprint density at radius 3 is 2.80 bits per heavy atom. The molecule has 0 amide bonds. The molecule has 7 heteroatoms. The lowest BCUT2D eigenvalue weighted by atomic mass is 10.2. The van der Waals surface area contributed by atoms with Crippen LogP contribution in [-0.2, 0) is 0 Å². The molecule has 3 aromatic rings. The first kappa shape index (κ1) is 12.6. The second-order valence-corrected chi connectivity index (χ2v) is 4.48. The zero-order valence-corrected chi connectivity index (χ0v) is 10.7. The van der Waals surface area contributed by atoms with Crippen LogP contribution in [0.4, 0.5) is 4.39 Å².